The first-order valence-corrected chi connectivity index (χ1v) is 7.22. The van der Waals surface area contributed by atoms with E-state index >= 15 is 0 Å². The summed E-state index contributed by atoms with van der Waals surface area (Å²) < 4.78 is 5.58. The zero-order chi connectivity index (χ0) is 13.3. The van der Waals surface area contributed by atoms with Crippen molar-refractivity contribution in [1.29, 1.82) is 0 Å². The van der Waals surface area contributed by atoms with Gasteiger partial charge in [-0.1, -0.05) is 20.3 Å². The molecule has 0 bridgehead atoms. The van der Waals surface area contributed by atoms with E-state index in [0.717, 1.165) is 26.0 Å². The van der Waals surface area contributed by atoms with Crippen LogP contribution in [-0.2, 0) is 9.53 Å². The van der Waals surface area contributed by atoms with E-state index in [1.54, 1.807) is 0 Å². The Morgan fingerprint density at radius 1 is 1.50 bits per heavy atom. The van der Waals surface area contributed by atoms with Gasteiger partial charge in [0, 0.05) is 19.1 Å². The maximum absolute atomic E-state index is 12.4. The van der Waals surface area contributed by atoms with E-state index in [-0.39, 0.29) is 24.2 Å². The zero-order valence-corrected chi connectivity index (χ0v) is 12.0. The zero-order valence-electron chi connectivity index (χ0n) is 12.0. The van der Waals surface area contributed by atoms with E-state index in [1.807, 2.05) is 4.90 Å². The van der Waals surface area contributed by atoms with Crippen LogP contribution < -0.4 is 5.32 Å². The first-order chi connectivity index (χ1) is 8.54. The number of carbonyl (C=O) groups is 1. The summed E-state index contributed by atoms with van der Waals surface area (Å²) in [5, 5.41) is 3.43. The summed E-state index contributed by atoms with van der Waals surface area (Å²) in [4.78, 5) is 14.4. The first-order valence-electron chi connectivity index (χ1n) is 7.22. The molecule has 18 heavy (non-hydrogen) atoms. The molecule has 104 valence electrons. The molecule has 2 fully saturated rings. The van der Waals surface area contributed by atoms with Gasteiger partial charge in [0.15, 0.2) is 0 Å². The summed E-state index contributed by atoms with van der Waals surface area (Å²) in [5.41, 5.74) is 0. The lowest BCUT2D eigenvalue weighted by Gasteiger charge is -2.26. The number of rotatable bonds is 4. The molecule has 0 saturated carbocycles. The number of carbonyl (C=O) groups excluding carboxylic acids is 1. The van der Waals surface area contributed by atoms with Crippen LogP contribution in [-0.4, -0.2) is 42.3 Å². The number of nitrogens with zero attached hydrogens (tertiary/aromatic N) is 1. The second kappa shape index (κ2) is 5.57. The minimum absolute atomic E-state index is 0.00243. The summed E-state index contributed by atoms with van der Waals surface area (Å²) in [6.07, 6.45) is 2.55. The smallest absolute Gasteiger partial charge is 0.241 e. The molecule has 5 unspecified atom stereocenters. The molecule has 1 amide bonds. The minimum atomic E-state index is 0.00243. The Labute approximate surface area is 110 Å². The van der Waals surface area contributed by atoms with E-state index in [9.17, 15) is 4.79 Å². The van der Waals surface area contributed by atoms with Crippen molar-refractivity contribution in [1.82, 2.24) is 10.2 Å². The summed E-state index contributed by atoms with van der Waals surface area (Å²) in [5.74, 6) is 1.17. The highest BCUT2D eigenvalue weighted by Gasteiger charge is 2.40. The Bertz CT molecular complexity index is 308. The molecule has 4 heteroatoms. The minimum Gasteiger partial charge on any atom is -0.378 e. The lowest BCUT2D eigenvalue weighted by atomic mass is 9.98. The van der Waals surface area contributed by atoms with Gasteiger partial charge >= 0.3 is 0 Å². The number of amides is 1. The van der Waals surface area contributed by atoms with Gasteiger partial charge in [-0.3, -0.25) is 10.1 Å². The number of hydrogen-bond donors (Lipinski definition) is 1. The van der Waals surface area contributed by atoms with Crippen molar-refractivity contribution >= 4 is 5.91 Å². The van der Waals surface area contributed by atoms with Crippen molar-refractivity contribution in [3.05, 3.63) is 0 Å². The molecule has 2 rings (SSSR count). The van der Waals surface area contributed by atoms with E-state index in [0.29, 0.717) is 11.8 Å². The first kappa shape index (κ1) is 13.8. The molecule has 1 N–H and O–H groups in total. The Morgan fingerprint density at radius 3 is 2.78 bits per heavy atom. The van der Waals surface area contributed by atoms with Gasteiger partial charge in [0.25, 0.3) is 0 Å². The van der Waals surface area contributed by atoms with Crippen LogP contribution in [0.2, 0.25) is 0 Å². The monoisotopic (exact) mass is 254 g/mol. The van der Waals surface area contributed by atoms with Gasteiger partial charge in [-0.25, -0.2) is 0 Å². The molecule has 0 aromatic carbocycles. The van der Waals surface area contributed by atoms with Gasteiger partial charge in [0.2, 0.25) is 5.91 Å². The van der Waals surface area contributed by atoms with Gasteiger partial charge < -0.3 is 9.64 Å². The maximum Gasteiger partial charge on any atom is 0.241 e. The van der Waals surface area contributed by atoms with E-state index in [4.69, 9.17) is 4.74 Å². The molecule has 2 saturated heterocycles. The Hall–Kier alpha value is -0.610. The summed E-state index contributed by atoms with van der Waals surface area (Å²) in [6.45, 7) is 10.2. The molecule has 0 radical (unpaired) electrons. The molecule has 0 aliphatic carbocycles. The molecule has 2 aliphatic rings. The van der Waals surface area contributed by atoms with E-state index < -0.39 is 0 Å². The molecule has 2 heterocycles. The molecule has 0 aromatic heterocycles. The Balaban J connectivity index is 1.98. The van der Waals surface area contributed by atoms with Crippen LogP contribution in [0.3, 0.4) is 0 Å². The number of hydrogen-bond acceptors (Lipinski definition) is 3. The fraction of sp³-hybridized carbons (Fsp3) is 0.929. The molecular formula is C14H26N2O2. The van der Waals surface area contributed by atoms with Gasteiger partial charge in [-0.15, -0.1) is 0 Å². The quantitative estimate of drug-likeness (QED) is 0.828. The number of nitrogens with one attached hydrogen (secondary N) is 1. The molecule has 4 nitrogen and oxygen atoms in total. The topological polar surface area (TPSA) is 41.6 Å². The van der Waals surface area contributed by atoms with Crippen molar-refractivity contribution < 1.29 is 9.53 Å². The summed E-state index contributed by atoms with van der Waals surface area (Å²) >= 11 is 0. The highest BCUT2D eigenvalue weighted by atomic mass is 16.5. The maximum atomic E-state index is 12.4. The van der Waals surface area contributed by atoms with E-state index in [2.05, 4.69) is 33.0 Å². The SMILES string of the molecule is CCC(C)C1NC(C)N(CC2CCOC2C)C1=O. The van der Waals surface area contributed by atoms with Crippen LogP contribution in [0.1, 0.15) is 40.5 Å². The van der Waals surface area contributed by atoms with Crippen LogP contribution >= 0.6 is 0 Å². The van der Waals surface area contributed by atoms with Crippen LogP contribution in [0.5, 0.6) is 0 Å². The van der Waals surface area contributed by atoms with Crippen molar-refractivity contribution in [3.63, 3.8) is 0 Å². The van der Waals surface area contributed by atoms with Crippen molar-refractivity contribution in [3.8, 4) is 0 Å². The lowest BCUT2D eigenvalue weighted by molar-refractivity contribution is -0.131. The van der Waals surface area contributed by atoms with Gasteiger partial charge in [-0.2, -0.15) is 0 Å². The van der Waals surface area contributed by atoms with Crippen molar-refractivity contribution in [2.24, 2.45) is 11.8 Å². The Kier molecular flexibility index (Phi) is 4.28. The average Bonchev–Trinajstić information content (AvgIpc) is 2.87. The normalized spacial score (nSPS) is 38.4. The summed E-state index contributed by atoms with van der Waals surface area (Å²) in [7, 11) is 0. The standard InChI is InChI=1S/C14H26N2O2/c1-5-9(2)13-14(17)16(11(4)15-13)8-12-6-7-18-10(12)3/h9-13,15H,5-8H2,1-4H3. The van der Waals surface area contributed by atoms with Crippen molar-refractivity contribution in [2.45, 2.75) is 58.8 Å². The van der Waals surface area contributed by atoms with E-state index in [1.165, 1.54) is 0 Å². The largest absolute Gasteiger partial charge is 0.378 e. The van der Waals surface area contributed by atoms with Gasteiger partial charge in [0.05, 0.1) is 18.3 Å². The lowest BCUT2D eigenvalue weighted by Crippen LogP contribution is -2.40. The molecule has 0 spiro atoms. The molecular weight excluding hydrogens is 228 g/mol. The highest BCUT2D eigenvalue weighted by Crippen LogP contribution is 2.25. The summed E-state index contributed by atoms with van der Waals surface area (Å²) in [6, 6.07) is 0.00243. The van der Waals surface area contributed by atoms with Crippen LogP contribution in [0.4, 0.5) is 0 Å². The average molecular weight is 254 g/mol. The fourth-order valence-electron chi connectivity index (χ4n) is 2.95. The van der Waals surface area contributed by atoms with Crippen molar-refractivity contribution in [2.75, 3.05) is 13.2 Å². The predicted molar refractivity (Wildman–Crippen MR) is 71.1 cm³/mol. The third-order valence-corrected chi connectivity index (χ3v) is 4.61. The molecule has 5 atom stereocenters. The Morgan fingerprint density at radius 2 is 2.22 bits per heavy atom. The van der Waals surface area contributed by atoms with Gasteiger partial charge in [0.1, 0.15) is 0 Å². The highest BCUT2D eigenvalue weighted by molar-refractivity contribution is 5.84. The third-order valence-electron chi connectivity index (χ3n) is 4.61. The predicted octanol–water partition coefficient (Wildman–Crippen LogP) is 1.60. The van der Waals surface area contributed by atoms with Crippen LogP contribution in [0.15, 0.2) is 0 Å². The second-order valence-corrected chi connectivity index (χ2v) is 5.82. The molecule has 0 aromatic rings. The third kappa shape index (κ3) is 2.54. The fourth-order valence-corrected chi connectivity index (χ4v) is 2.95. The van der Waals surface area contributed by atoms with Crippen LogP contribution in [0, 0.1) is 11.8 Å². The number of ether oxygens (including phenoxy) is 1. The van der Waals surface area contributed by atoms with Gasteiger partial charge in [-0.05, 0) is 26.2 Å². The second-order valence-electron chi connectivity index (χ2n) is 5.82. The van der Waals surface area contributed by atoms with Crippen LogP contribution in [0.25, 0.3) is 0 Å². The molecule has 2 aliphatic heterocycles.